The third kappa shape index (κ3) is 3.87. The molecule has 2 heteroatoms. The molecule has 1 spiro atoms. The van der Waals surface area contributed by atoms with Crippen molar-refractivity contribution in [2.75, 3.05) is 19.6 Å². The topological polar surface area (TPSA) is 3.24 Å². The molecule has 1 saturated carbocycles. The van der Waals surface area contributed by atoms with E-state index in [1.807, 2.05) is 0 Å². The zero-order valence-electron chi connectivity index (χ0n) is 10.8. The van der Waals surface area contributed by atoms with Crippen LogP contribution in [0.1, 0.15) is 52.4 Å². The normalized spacial score (nSPS) is 27.6. The van der Waals surface area contributed by atoms with Gasteiger partial charge in [0, 0.05) is 6.54 Å². The van der Waals surface area contributed by atoms with Crippen LogP contribution < -0.4 is 58.2 Å². The molecular formula is C13H24NRb. The van der Waals surface area contributed by atoms with Crippen molar-refractivity contribution in [3.05, 3.63) is 5.92 Å². The molecule has 15 heavy (non-hydrogen) atoms. The van der Waals surface area contributed by atoms with E-state index < -0.39 is 0 Å². The van der Waals surface area contributed by atoms with Crippen molar-refractivity contribution < 1.29 is 58.2 Å². The molecule has 0 atom stereocenters. The van der Waals surface area contributed by atoms with E-state index in [1.54, 1.807) is 5.92 Å². The average molecular weight is 280 g/mol. The quantitative estimate of drug-likeness (QED) is 0.623. The molecule has 0 radical (unpaired) electrons. The minimum Gasteiger partial charge on any atom is -0.317 e. The number of rotatable bonds is 1. The minimum absolute atomic E-state index is 0. The van der Waals surface area contributed by atoms with Crippen molar-refractivity contribution in [1.29, 1.82) is 0 Å². The number of likely N-dealkylation sites (tertiary alicyclic amines) is 1. The van der Waals surface area contributed by atoms with Crippen molar-refractivity contribution >= 4 is 0 Å². The number of hydrogen-bond donors (Lipinski definition) is 0. The van der Waals surface area contributed by atoms with Crippen LogP contribution in [0, 0.1) is 11.3 Å². The Morgan fingerprint density at radius 3 is 2.47 bits per heavy atom. The van der Waals surface area contributed by atoms with Crippen molar-refractivity contribution in [2.45, 2.75) is 52.4 Å². The second-order valence-electron chi connectivity index (χ2n) is 5.43. The Labute approximate surface area is 144 Å². The zero-order chi connectivity index (χ0) is 10.0. The Morgan fingerprint density at radius 1 is 1.20 bits per heavy atom. The molecular weight excluding hydrogens is 256 g/mol. The molecule has 0 amide bonds. The Kier molecular flexibility index (Phi) is 6.55. The molecule has 0 N–H and O–H groups in total. The van der Waals surface area contributed by atoms with Crippen LogP contribution in [0.5, 0.6) is 0 Å². The minimum atomic E-state index is 0. The first-order valence-electron chi connectivity index (χ1n) is 6.28. The Morgan fingerprint density at radius 2 is 1.87 bits per heavy atom. The third-order valence-corrected chi connectivity index (χ3v) is 4.35. The van der Waals surface area contributed by atoms with Gasteiger partial charge in [0.1, 0.15) is 0 Å². The summed E-state index contributed by atoms with van der Waals surface area (Å²) in [5, 5.41) is 0. The first-order chi connectivity index (χ1) is 6.74. The van der Waals surface area contributed by atoms with Gasteiger partial charge in [-0.3, -0.25) is 0 Å². The van der Waals surface area contributed by atoms with Crippen molar-refractivity contribution in [3.8, 4) is 0 Å². The van der Waals surface area contributed by atoms with Gasteiger partial charge in [-0.25, -0.2) is 0 Å². The summed E-state index contributed by atoms with van der Waals surface area (Å²) in [5.41, 5.74) is 0.716. The summed E-state index contributed by atoms with van der Waals surface area (Å²) in [5.74, 6) is 1.74. The van der Waals surface area contributed by atoms with Crippen LogP contribution in [-0.4, -0.2) is 24.5 Å². The fourth-order valence-electron chi connectivity index (χ4n) is 3.20. The Balaban J connectivity index is 0.00000112. The number of piperidine rings is 1. The molecule has 0 aromatic rings. The van der Waals surface area contributed by atoms with Gasteiger partial charge >= 0.3 is 58.2 Å². The standard InChI is InChI=1S/C13H24N.Rb/c1-3-14-10-4-7-13(11-14)8-5-12(2)6-9-13;/h3-11H2,1-2H3;/q-1;+1. The molecule has 0 aromatic heterocycles. The van der Waals surface area contributed by atoms with Gasteiger partial charge in [0.05, 0.1) is 0 Å². The van der Waals surface area contributed by atoms with Gasteiger partial charge in [0.25, 0.3) is 0 Å². The second-order valence-corrected chi connectivity index (χ2v) is 5.43. The molecule has 1 saturated heterocycles. The van der Waals surface area contributed by atoms with Gasteiger partial charge in [-0.05, 0) is 31.3 Å². The van der Waals surface area contributed by atoms with E-state index in [-0.39, 0.29) is 58.2 Å². The monoisotopic (exact) mass is 279 g/mol. The Bertz CT molecular complexity index is 185. The van der Waals surface area contributed by atoms with Crippen molar-refractivity contribution in [2.24, 2.45) is 5.41 Å². The Hall–Kier alpha value is 1.77. The van der Waals surface area contributed by atoms with E-state index in [4.69, 9.17) is 0 Å². The fourth-order valence-corrected chi connectivity index (χ4v) is 3.20. The molecule has 0 bridgehead atoms. The molecule has 1 heterocycles. The summed E-state index contributed by atoms with van der Waals surface area (Å²) in [6, 6.07) is 0. The van der Waals surface area contributed by atoms with Gasteiger partial charge < -0.3 is 10.8 Å². The largest absolute Gasteiger partial charge is 1.00 e. The average Bonchev–Trinajstić information content (AvgIpc) is 2.23. The van der Waals surface area contributed by atoms with Crippen LogP contribution in [0.4, 0.5) is 0 Å². The predicted octanol–water partition coefficient (Wildman–Crippen LogP) is 0.261. The molecule has 2 aliphatic rings. The summed E-state index contributed by atoms with van der Waals surface area (Å²) in [6.45, 7) is 8.63. The van der Waals surface area contributed by atoms with E-state index in [2.05, 4.69) is 18.7 Å². The molecule has 2 fully saturated rings. The molecule has 1 nitrogen and oxygen atoms in total. The van der Waals surface area contributed by atoms with E-state index in [0.29, 0.717) is 5.41 Å². The number of nitrogens with zero attached hydrogens (tertiary/aromatic N) is 1. The maximum Gasteiger partial charge on any atom is 1.00 e. The van der Waals surface area contributed by atoms with Gasteiger partial charge in [0.2, 0.25) is 0 Å². The van der Waals surface area contributed by atoms with Gasteiger partial charge in [0.15, 0.2) is 0 Å². The molecule has 1 aliphatic heterocycles. The van der Waals surface area contributed by atoms with E-state index in [9.17, 15) is 0 Å². The van der Waals surface area contributed by atoms with Crippen molar-refractivity contribution in [1.82, 2.24) is 4.90 Å². The SMILES string of the molecule is CCN1CCCC2(CC[C-](C)CC2)C1.[Rb+]. The molecule has 0 unspecified atom stereocenters. The molecule has 0 aromatic carbocycles. The predicted molar refractivity (Wildman–Crippen MR) is 61.2 cm³/mol. The molecule has 2 rings (SSSR count). The third-order valence-electron chi connectivity index (χ3n) is 4.35. The molecule has 1 aliphatic carbocycles. The van der Waals surface area contributed by atoms with E-state index >= 15 is 0 Å². The summed E-state index contributed by atoms with van der Waals surface area (Å²) in [7, 11) is 0. The van der Waals surface area contributed by atoms with Gasteiger partial charge in [-0.15, -0.1) is 0 Å². The van der Waals surface area contributed by atoms with E-state index in [1.165, 1.54) is 58.2 Å². The van der Waals surface area contributed by atoms with Gasteiger partial charge in [-0.1, -0.05) is 19.8 Å². The number of hydrogen-bond acceptors (Lipinski definition) is 1. The van der Waals surface area contributed by atoms with Crippen LogP contribution >= 0.6 is 0 Å². The zero-order valence-corrected chi connectivity index (χ0v) is 15.7. The smallest absolute Gasteiger partial charge is 0.317 e. The van der Waals surface area contributed by atoms with Crippen LogP contribution in [0.15, 0.2) is 0 Å². The van der Waals surface area contributed by atoms with Crippen LogP contribution in [0.3, 0.4) is 0 Å². The van der Waals surface area contributed by atoms with E-state index in [0.717, 1.165) is 0 Å². The summed E-state index contributed by atoms with van der Waals surface area (Å²) in [4.78, 5) is 2.66. The van der Waals surface area contributed by atoms with Crippen LogP contribution in [0.2, 0.25) is 0 Å². The van der Waals surface area contributed by atoms with Crippen molar-refractivity contribution in [3.63, 3.8) is 0 Å². The maximum absolute atomic E-state index is 2.66. The maximum atomic E-state index is 2.66. The first kappa shape index (κ1) is 14.8. The second kappa shape index (κ2) is 6.63. The van der Waals surface area contributed by atoms with Crippen LogP contribution in [0.25, 0.3) is 0 Å². The fraction of sp³-hybridized carbons (Fsp3) is 0.923. The van der Waals surface area contributed by atoms with Gasteiger partial charge in [-0.2, -0.15) is 19.8 Å². The summed E-state index contributed by atoms with van der Waals surface area (Å²) >= 11 is 0. The summed E-state index contributed by atoms with van der Waals surface area (Å²) < 4.78 is 0. The molecule has 82 valence electrons. The van der Waals surface area contributed by atoms with Crippen LogP contribution in [-0.2, 0) is 0 Å². The first-order valence-corrected chi connectivity index (χ1v) is 6.28. The summed E-state index contributed by atoms with van der Waals surface area (Å²) in [6.07, 6.45) is 8.67.